The zero-order valence-corrected chi connectivity index (χ0v) is 17.4. The zero-order chi connectivity index (χ0) is 20.1. The summed E-state index contributed by atoms with van der Waals surface area (Å²) in [4.78, 5) is 0. The molecule has 146 valence electrons. The third-order valence-electron chi connectivity index (χ3n) is 4.91. The maximum atomic E-state index is 6.23. The SMILES string of the molecule is Clc1ccc(Cn2c(CCc3ccccc3)nnc2Cc2ccccc2)cc1Cl. The van der Waals surface area contributed by atoms with Crippen molar-refractivity contribution < 1.29 is 0 Å². The molecule has 0 atom stereocenters. The van der Waals surface area contributed by atoms with Gasteiger partial charge in [-0.2, -0.15) is 0 Å². The van der Waals surface area contributed by atoms with E-state index in [1.165, 1.54) is 11.1 Å². The molecular formula is C24H21Cl2N3. The van der Waals surface area contributed by atoms with Crippen LogP contribution in [0.2, 0.25) is 10.0 Å². The van der Waals surface area contributed by atoms with Gasteiger partial charge in [0.2, 0.25) is 0 Å². The number of hydrogen-bond acceptors (Lipinski definition) is 2. The average Bonchev–Trinajstić information content (AvgIpc) is 3.12. The van der Waals surface area contributed by atoms with Gasteiger partial charge in [-0.05, 0) is 35.2 Å². The standard InChI is InChI=1S/C24H21Cl2N3/c25-21-13-11-20(15-22(21)26)17-29-23(14-12-18-7-3-1-4-8-18)27-28-24(29)16-19-9-5-2-6-10-19/h1-11,13,15H,12,14,16-17H2. The first-order valence-electron chi connectivity index (χ1n) is 9.62. The van der Waals surface area contributed by atoms with Crippen molar-refractivity contribution in [3.8, 4) is 0 Å². The van der Waals surface area contributed by atoms with Crippen molar-refractivity contribution in [2.75, 3.05) is 0 Å². The van der Waals surface area contributed by atoms with E-state index in [0.29, 0.717) is 16.6 Å². The van der Waals surface area contributed by atoms with Gasteiger partial charge in [-0.15, -0.1) is 10.2 Å². The predicted molar refractivity (Wildman–Crippen MR) is 119 cm³/mol. The summed E-state index contributed by atoms with van der Waals surface area (Å²) in [6.45, 7) is 0.663. The highest BCUT2D eigenvalue weighted by molar-refractivity contribution is 6.42. The minimum Gasteiger partial charge on any atom is -0.310 e. The molecule has 0 radical (unpaired) electrons. The maximum Gasteiger partial charge on any atom is 0.137 e. The highest BCUT2D eigenvalue weighted by Gasteiger charge is 2.14. The van der Waals surface area contributed by atoms with Crippen LogP contribution in [0.4, 0.5) is 0 Å². The molecule has 5 heteroatoms. The lowest BCUT2D eigenvalue weighted by Crippen LogP contribution is -2.10. The van der Waals surface area contributed by atoms with E-state index < -0.39 is 0 Å². The van der Waals surface area contributed by atoms with Gasteiger partial charge in [0, 0.05) is 12.8 Å². The fourth-order valence-electron chi connectivity index (χ4n) is 3.37. The van der Waals surface area contributed by atoms with Gasteiger partial charge >= 0.3 is 0 Å². The summed E-state index contributed by atoms with van der Waals surface area (Å²) in [6, 6.07) is 26.6. The topological polar surface area (TPSA) is 30.7 Å². The van der Waals surface area contributed by atoms with E-state index in [2.05, 4.69) is 51.2 Å². The van der Waals surface area contributed by atoms with Gasteiger partial charge in [0.05, 0.1) is 16.6 Å². The minimum absolute atomic E-state index is 0.563. The smallest absolute Gasteiger partial charge is 0.137 e. The van der Waals surface area contributed by atoms with E-state index in [-0.39, 0.29) is 0 Å². The normalized spacial score (nSPS) is 11.0. The Balaban J connectivity index is 1.62. The van der Waals surface area contributed by atoms with E-state index in [1.807, 2.05) is 42.5 Å². The van der Waals surface area contributed by atoms with Gasteiger partial charge < -0.3 is 4.57 Å². The summed E-state index contributed by atoms with van der Waals surface area (Å²) in [7, 11) is 0. The molecule has 0 amide bonds. The Morgan fingerprint density at radius 3 is 1.97 bits per heavy atom. The van der Waals surface area contributed by atoms with Crippen LogP contribution >= 0.6 is 23.2 Å². The van der Waals surface area contributed by atoms with Gasteiger partial charge in [-0.25, -0.2) is 0 Å². The van der Waals surface area contributed by atoms with Gasteiger partial charge in [0.25, 0.3) is 0 Å². The molecule has 0 saturated carbocycles. The number of hydrogen-bond donors (Lipinski definition) is 0. The summed E-state index contributed by atoms with van der Waals surface area (Å²) in [6.07, 6.45) is 2.49. The number of rotatable bonds is 7. The Kier molecular flexibility index (Phi) is 6.28. The summed E-state index contributed by atoms with van der Waals surface area (Å²) >= 11 is 12.3. The van der Waals surface area contributed by atoms with Gasteiger partial charge in [0.1, 0.15) is 11.6 Å². The summed E-state index contributed by atoms with van der Waals surface area (Å²) in [5.74, 6) is 1.93. The summed E-state index contributed by atoms with van der Waals surface area (Å²) in [5.41, 5.74) is 3.58. The van der Waals surface area contributed by atoms with Gasteiger partial charge in [0.15, 0.2) is 0 Å². The van der Waals surface area contributed by atoms with Gasteiger partial charge in [-0.3, -0.25) is 0 Å². The second-order valence-corrected chi connectivity index (χ2v) is 7.83. The van der Waals surface area contributed by atoms with Crippen LogP contribution in [0.1, 0.15) is 28.3 Å². The summed E-state index contributed by atoms with van der Waals surface area (Å²) in [5, 5.41) is 10.2. The second kappa shape index (κ2) is 9.25. The fraction of sp³-hybridized carbons (Fsp3) is 0.167. The largest absolute Gasteiger partial charge is 0.310 e. The number of aryl methyl sites for hydroxylation is 2. The van der Waals surface area contributed by atoms with Gasteiger partial charge in [-0.1, -0.05) is 89.9 Å². The van der Waals surface area contributed by atoms with E-state index in [1.54, 1.807) is 0 Å². The first-order valence-corrected chi connectivity index (χ1v) is 10.4. The Morgan fingerprint density at radius 2 is 1.28 bits per heavy atom. The highest BCUT2D eigenvalue weighted by atomic mass is 35.5. The molecule has 0 N–H and O–H groups in total. The molecule has 1 heterocycles. The Labute approximate surface area is 180 Å². The lowest BCUT2D eigenvalue weighted by atomic mass is 10.1. The quantitative estimate of drug-likeness (QED) is 0.365. The number of benzene rings is 3. The van der Waals surface area contributed by atoms with E-state index in [9.17, 15) is 0 Å². The third kappa shape index (κ3) is 5.06. The molecule has 3 nitrogen and oxygen atoms in total. The van der Waals surface area contributed by atoms with Crippen molar-refractivity contribution in [2.45, 2.75) is 25.8 Å². The average molecular weight is 422 g/mol. The van der Waals surface area contributed by atoms with Crippen molar-refractivity contribution >= 4 is 23.2 Å². The Hall–Kier alpha value is -2.62. The van der Waals surface area contributed by atoms with Crippen molar-refractivity contribution in [1.82, 2.24) is 14.8 Å². The number of aromatic nitrogens is 3. The molecule has 0 unspecified atom stereocenters. The molecule has 4 rings (SSSR count). The lowest BCUT2D eigenvalue weighted by Gasteiger charge is -2.12. The van der Waals surface area contributed by atoms with Crippen LogP contribution in [0.5, 0.6) is 0 Å². The van der Waals surface area contributed by atoms with Crippen molar-refractivity contribution in [1.29, 1.82) is 0 Å². The molecule has 0 spiro atoms. The monoisotopic (exact) mass is 421 g/mol. The highest BCUT2D eigenvalue weighted by Crippen LogP contribution is 2.24. The van der Waals surface area contributed by atoms with Crippen molar-refractivity contribution in [3.63, 3.8) is 0 Å². The molecule has 4 aromatic rings. The summed E-state index contributed by atoms with van der Waals surface area (Å²) < 4.78 is 2.20. The molecule has 29 heavy (non-hydrogen) atoms. The van der Waals surface area contributed by atoms with Crippen LogP contribution in [-0.2, 0) is 25.8 Å². The number of halogens is 2. The first kappa shape index (κ1) is 19.7. The first-order chi connectivity index (χ1) is 14.2. The van der Waals surface area contributed by atoms with E-state index in [0.717, 1.165) is 36.5 Å². The Morgan fingerprint density at radius 1 is 0.621 bits per heavy atom. The molecule has 0 saturated heterocycles. The molecular weight excluding hydrogens is 401 g/mol. The van der Waals surface area contributed by atoms with Crippen LogP contribution in [0, 0.1) is 0 Å². The lowest BCUT2D eigenvalue weighted by molar-refractivity contribution is 0.684. The second-order valence-electron chi connectivity index (χ2n) is 7.02. The molecule has 0 bridgehead atoms. The van der Waals surface area contributed by atoms with Crippen LogP contribution in [-0.4, -0.2) is 14.8 Å². The van der Waals surface area contributed by atoms with Crippen LogP contribution in [0.15, 0.2) is 78.9 Å². The molecule has 3 aromatic carbocycles. The van der Waals surface area contributed by atoms with Crippen LogP contribution in [0.3, 0.4) is 0 Å². The number of nitrogens with zero attached hydrogens (tertiary/aromatic N) is 3. The van der Waals surface area contributed by atoms with Crippen molar-refractivity contribution in [2.24, 2.45) is 0 Å². The third-order valence-corrected chi connectivity index (χ3v) is 5.65. The molecule has 1 aromatic heterocycles. The van der Waals surface area contributed by atoms with E-state index in [4.69, 9.17) is 23.2 Å². The minimum atomic E-state index is 0.563. The molecule has 0 aliphatic rings. The zero-order valence-electron chi connectivity index (χ0n) is 15.9. The van der Waals surface area contributed by atoms with Crippen molar-refractivity contribution in [3.05, 3.63) is 117 Å². The molecule has 0 aliphatic heterocycles. The Bertz CT molecular complexity index is 1080. The molecule has 0 fully saturated rings. The molecule has 0 aliphatic carbocycles. The van der Waals surface area contributed by atoms with Crippen LogP contribution in [0.25, 0.3) is 0 Å². The van der Waals surface area contributed by atoms with Crippen LogP contribution < -0.4 is 0 Å². The maximum absolute atomic E-state index is 6.23. The fourth-order valence-corrected chi connectivity index (χ4v) is 3.69. The van der Waals surface area contributed by atoms with E-state index >= 15 is 0 Å². The predicted octanol–water partition coefficient (Wildman–Crippen LogP) is 6.01.